The van der Waals surface area contributed by atoms with Crippen molar-refractivity contribution in [2.75, 3.05) is 0 Å². The van der Waals surface area contributed by atoms with Crippen molar-refractivity contribution in [3.63, 3.8) is 0 Å². The topological polar surface area (TPSA) is 17.1 Å². The summed E-state index contributed by atoms with van der Waals surface area (Å²) in [4.78, 5) is 10.7. The van der Waals surface area contributed by atoms with E-state index in [-0.39, 0.29) is 11.7 Å². The summed E-state index contributed by atoms with van der Waals surface area (Å²) < 4.78 is 14.1. The Morgan fingerprint density at radius 1 is 1.47 bits per heavy atom. The van der Waals surface area contributed by atoms with Crippen LogP contribution in [0.1, 0.15) is 19.4 Å². The van der Waals surface area contributed by atoms with Gasteiger partial charge in [-0.1, -0.05) is 35.8 Å². The van der Waals surface area contributed by atoms with Crippen LogP contribution in [0.3, 0.4) is 0 Å². The number of carbonyl (C=O) groups is 1. The summed E-state index contributed by atoms with van der Waals surface area (Å²) in [6.45, 7) is 3.80. The number of rotatable bonds is 3. The van der Waals surface area contributed by atoms with Crippen molar-refractivity contribution >= 4 is 28.3 Å². The molecule has 0 aromatic heterocycles. The molecule has 1 rings (SSSR count). The molecule has 0 radical (unpaired) electrons. The van der Waals surface area contributed by atoms with Gasteiger partial charge in [0.05, 0.1) is 0 Å². The third-order valence-corrected chi connectivity index (χ3v) is 2.58. The Kier molecular flexibility index (Phi) is 4.21. The number of halogens is 2. The molecule has 0 aliphatic heterocycles. The Morgan fingerprint density at radius 2 is 2.13 bits per heavy atom. The van der Waals surface area contributed by atoms with E-state index in [0.717, 1.165) is 6.29 Å². The van der Waals surface area contributed by atoms with Gasteiger partial charge < -0.3 is 0 Å². The number of hydrogen-bond donors (Lipinski definition) is 0. The zero-order chi connectivity index (χ0) is 11.4. The molecule has 0 aliphatic rings. The molecule has 15 heavy (non-hydrogen) atoms. The van der Waals surface area contributed by atoms with Crippen molar-refractivity contribution in [3.05, 3.63) is 39.6 Å². The summed E-state index contributed by atoms with van der Waals surface area (Å²) in [6, 6.07) is 4.78. The van der Waals surface area contributed by atoms with Gasteiger partial charge in [-0.25, -0.2) is 4.39 Å². The highest BCUT2D eigenvalue weighted by Gasteiger charge is 2.05. The van der Waals surface area contributed by atoms with Crippen LogP contribution in [0.15, 0.2) is 28.2 Å². The summed E-state index contributed by atoms with van der Waals surface area (Å²) in [5.41, 5.74) is 1.03. The summed E-state index contributed by atoms with van der Waals surface area (Å²) in [7, 11) is 0. The molecule has 3 heteroatoms. The largest absolute Gasteiger partial charge is 0.298 e. The number of carbonyl (C=O) groups excluding carboxylic acids is 1. The molecule has 0 atom stereocenters. The maximum Gasteiger partial charge on any atom is 0.146 e. The summed E-state index contributed by atoms with van der Waals surface area (Å²) in [5.74, 6) is -0.227. The fourth-order valence-corrected chi connectivity index (χ4v) is 1.47. The number of benzene rings is 1. The Morgan fingerprint density at radius 3 is 2.60 bits per heavy atom. The molecule has 0 saturated heterocycles. The second kappa shape index (κ2) is 5.21. The van der Waals surface area contributed by atoms with Crippen LogP contribution in [0, 0.1) is 11.7 Å². The molecule has 0 bridgehead atoms. The Hall–Kier alpha value is -0.960. The standard InChI is InChI=1S/C12H12BrFO/c1-8(2)10(7-15)5-9-3-4-11(13)6-12(9)14/h3-8H,1-2H3. The smallest absolute Gasteiger partial charge is 0.146 e. The highest BCUT2D eigenvalue weighted by molar-refractivity contribution is 9.10. The third-order valence-electron chi connectivity index (χ3n) is 2.09. The van der Waals surface area contributed by atoms with E-state index < -0.39 is 0 Å². The van der Waals surface area contributed by atoms with Crippen molar-refractivity contribution in [3.8, 4) is 0 Å². The lowest BCUT2D eigenvalue weighted by molar-refractivity contribution is -0.105. The van der Waals surface area contributed by atoms with E-state index in [4.69, 9.17) is 0 Å². The zero-order valence-corrected chi connectivity index (χ0v) is 10.2. The van der Waals surface area contributed by atoms with Gasteiger partial charge in [-0.05, 0) is 29.7 Å². The normalized spacial score (nSPS) is 11.9. The first-order valence-corrected chi connectivity index (χ1v) is 5.45. The van der Waals surface area contributed by atoms with E-state index in [1.807, 2.05) is 13.8 Å². The maximum absolute atomic E-state index is 13.4. The van der Waals surface area contributed by atoms with Crippen LogP contribution >= 0.6 is 15.9 Å². The minimum absolute atomic E-state index is 0.102. The highest BCUT2D eigenvalue weighted by atomic mass is 79.9. The van der Waals surface area contributed by atoms with Crippen molar-refractivity contribution in [1.82, 2.24) is 0 Å². The van der Waals surface area contributed by atoms with E-state index >= 15 is 0 Å². The van der Waals surface area contributed by atoms with Crippen LogP contribution in [0.25, 0.3) is 6.08 Å². The lowest BCUT2D eigenvalue weighted by atomic mass is 10.0. The van der Waals surface area contributed by atoms with Crippen LogP contribution in [0.2, 0.25) is 0 Å². The quantitative estimate of drug-likeness (QED) is 0.603. The second-order valence-electron chi connectivity index (χ2n) is 3.58. The Labute approximate surface area is 97.1 Å². The monoisotopic (exact) mass is 270 g/mol. The molecule has 0 heterocycles. The third kappa shape index (κ3) is 3.27. The molecule has 0 N–H and O–H groups in total. The molecule has 0 saturated carbocycles. The van der Waals surface area contributed by atoms with Gasteiger partial charge in [0.1, 0.15) is 12.1 Å². The average Bonchev–Trinajstić information content (AvgIpc) is 2.16. The van der Waals surface area contributed by atoms with Crippen molar-refractivity contribution < 1.29 is 9.18 Å². The molecule has 0 amide bonds. The highest BCUT2D eigenvalue weighted by Crippen LogP contribution is 2.19. The number of allylic oxidation sites excluding steroid dienone is 1. The van der Waals surface area contributed by atoms with Gasteiger partial charge in [0.2, 0.25) is 0 Å². The van der Waals surface area contributed by atoms with Crippen LogP contribution in [-0.2, 0) is 4.79 Å². The lowest BCUT2D eigenvalue weighted by Gasteiger charge is -2.04. The summed E-state index contributed by atoms with van der Waals surface area (Å²) >= 11 is 3.18. The van der Waals surface area contributed by atoms with Gasteiger partial charge in [0.25, 0.3) is 0 Å². The molecule has 1 aromatic rings. The van der Waals surface area contributed by atoms with Gasteiger partial charge in [0.15, 0.2) is 0 Å². The molecule has 0 unspecified atom stereocenters. The van der Waals surface area contributed by atoms with Crippen LogP contribution in [0.4, 0.5) is 4.39 Å². The van der Waals surface area contributed by atoms with E-state index in [2.05, 4.69) is 15.9 Å². The second-order valence-corrected chi connectivity index (χ2v) is 4.50. The van der Waals surface area contributed by atoms with Gasteiger partial charge in [-0.15, -0.1) is 0 Å². The minimum atomic E-state index is -0.329. The van der Waals surface area contributed by atoms with Gasteiger partial charge >= 0.3 is 0 Å². The predicted molar refractivity (Wildman–Crippen MR) is 63.0 cm³/mol. The molecular formula is C12H12BrFO. The molecule has 0 spiro atoms. The molecule has 0 aliphatic carbocycles. The van der Waals surface area contributed by atoms with Gasteiger partial charge in [-0.2, -0.15) is 0 Å². The fourth-order valence-electron chi connectivity index (χ4n) is 1.13. The lowest BCUT2D eigenvalue weighted by Crippen LogP contribution is -1.95. The Bertz CT molecular complexity index is 397. The number of hydrogen-bond acceptors (Lipinski definition) is 1. The number of aldehydes is 1. The fraction of sp³-hybridized carbons (Fsp3) is 0.250. The molecular weight excluding hydrogens is 259 g/mol. The minimum Gasteiger partial charge on any atom is -0.298 e. The van der Waals surface area contributed by atoms with Crippen molar-refractivity contribution in [1.29, 1.82) is 0 Å². The van der Waals surface area contributed by atoms with E-state index in [9.17, 15) is 9.18 Å². The molecule has 1 nitrogen and oxygen atoms in total. The first-order chi connectivity index (χ1) is 7.04. The van der Waals surface area contributed by atoms with E-state index in [0.29, 0.717) is 15.6 Å². The maximum atomic E-state index is 13.4. The first kappa shape index (κ1) is 12.1. The van der Waals surface area contributed by atoms with E-state index in [1.165, 1.54) is 6.07 Å². The predicted octanol–water partition coefficient (Wildman–Crippen LogP) is 3.83. The van der Waals surface area contributed by atoms with Crippen LogP contribution in [-0.4, -0.2) is 6.29 Å². The summed E-state index contributed by atoms with van der Waals surface area (Å²) in [6.07, 6.45) is 2.35. The average molecular weight is 271 g/mol. The molecule has 80 valence electrons. The van der Waals surface area contributed by atoms with E-state index in [1.54, 1.807) is 18.2 Å². The molecule has 0 fully saturated rings. The zero-order valence-electron chi connectivity index (χ0n) is 8.63. The van der Waals surface area contributed by atoms with Crippen molar-refractivity contribution in [2.45, 2.75) is 13.8 Å². The molecule has 1 aromatic carbocycles. The van der Waals surface area contributed by atoms with Gasteiger partial charge in [0, 0.05) is 10.0 Å². The van der Waals surface area contributed by atoms with Crippen LogP contribution < -0.4 is 0 Å². The first-order valence-electron chi connectivity index (χ1n) is 4.66. The summed E-state index contributed by atoms with van der Waals surface area (Å²) in [5, 5.41) is 0. The SMILES string of the molecule is CC(C)C(C=O)=Cc1ccc(Br)cc1F. The van der Waals surface area contributed by atoms with Gasteiger partial charge in [-0.3, -0.25) is 4.79 Å². The Balaban J connectivity index is 3.11. The van der Waals surface area contributed by atoms with Crippen molar-refractivity contribution in [2.24, 2.45) is 5.92 Å². The van der Waals surface area contributed by atoms with Crippen LogP contribution in [0.5, 0.6) is 0 Å².